The van der Waals surface area contributed by atoms with E-state index in [1.54, 1.807) is 32.9 Å². The molecular weight excluding hydrogens is 440 g/mol. The standard InChI is InChI=1S/C25H30N2O7/c1-7-13-25(22(30)33-16-8-2)17-26(23(31)34-24(3,4)5)14-15-27(21(25)29)20(28)18-9-11-19(32-6)12-10-18/h1,8-12H,2,13-17H2,3-6H3. The predicted molar refractivity (Wildman–Crippen MR) is 124 cm³/mol. The lowest BCUT2D eigenvalue weighted by Gasteiger charge is -2.33. The number of nitrogens with zero attached hydrogens (tertiary/aromatic N) is 2. The number of hydrogen-bond donors (Lipinski definition) is 0. The molecule has 1 aliphatic rings. The van der Waals surface area contributed by atoms with Crippen molar-refractivity contribution in [3.8, 4) is 18.1 Å². The van der Waals surface area contributed by atoms with Gasteiger partial charge in [0.15, 0.2) is 5.41 Å². The molecule has 0 N–H and O–H groups in total. The number of esters is 1. The van der Waals surface area contributed by atoms with E-state index in [9.17, 15) is 19.2 Å². The van der Waals surface area contributed by atoms with Crippen molar-refractivity contribution in [3.05, 3.63) is 42.5 Å². The minimum absolute atomic E-state index is 0.0520. The molecule has 1 heterocycles. The van der Waals surface area contributed by atoms with E-state index < -0.39 is 41.4 Å². The molecule has 34 heavy (non-hydrogen) atoms. The van der Waals surface area contributed by atoms with Crippen molar-refractivity contribution in [2.75, 3.05) is 33.4 Å². The normalized spacial score (nSPS) is 18.4. The Morgan fingerprint density at radius 3 is 2.38 bits per heavy atom. The van der Waals surface area contributed by atoms with Crippen LogP contribution in [0.25, 0.3) is 0 Å². The Kier molecular flexibility index (Phi) is 8.46. The number of amides is 3. The fourth-order valence-corrected chi connectivity index (χ4v) is 3.42. The summed E-state index contributed by atoms with van der Waals surface area (Å²) < 4.78 is 15.8. The molecule has 3 amide bonds. The van der Waals surface area contributed by atoms with Crippen LogP contribution in [-0.4, -0.2) is 72.6 Å². The molecule has 1 saturated heterocycles. The molecule has 1 atom stereocenters. The van der Waals surface area contributed by atoms with Crippen LogP contribution in [0.5, 0.6) is 5.75 Å². The molecule has 1 unspecified atom stereocenters. The van der Waals surface area contributed by atoms with Crippen LogP contribution in [0, 0.1) is 17.8 Å². The van der Waals surface area contributed by atoms with Crippen LogP contribution in [-0.2, 0) is 19.1 Å². The Hall–Kier alpha value is -3.80. The molecule has 1 aliphatic heterocycles. The van der Waals surface area contributed by atoms with E-state index in [-0.39, 0.29) is 31.7 Å². The molecule has 2 rings (SSSR count). The summed E-state index contributed by atoms with van der Waals surface area (Å²) in [4.78, 5) is 55.2. The van der Waals surface area contributed by atoms with Gasteiger partial charge in [-0.3, -0.25) is 19.3 Å². The second kappa shape index (κ2) is 10.9. The third kappa shape index (κ3) is 5.95. The van der Waals surface area contributed by atoms with E-state index in [1.165, 1.54) is 30.2 Å². The van der Waals surface area contributed by atoms with Crippen LogP contribution in [0.15, 0.2) is 36.9 Å². The van der Waals surface area contributed by atoms with Crippen molar-refractivity contribution in [1.29, 1.82) is 0 Å². The van der Waals surface area contributed by atoms with Gasteiger partial charge in [0.05, 0.1) is 13.7 Å². The Labute approximate surface area is 199 Å². The maximum atomic E-state index is 13.7. The second-order valence-corrected chi connectivity index (χ2v) is 8.74. The van der Waals surface area contributed by atoms with Gasteiger partial charge < -0.3 is 19.1 Å². The molecule has 1 fully saturated rings. The minimum atomic E-state index is -1.99. The first kappa shape index (κ1) is 26.5. The molecular formula is C25H30N2O7. The zero-order chi connectivity index (χ0) is 25.5. The maximum absolute atomic E-state index is 13.7. The van der Waals surface area contributed by atoms with E-state index in [0.717, 1.165) is 4.90 Å². The fourth-order valence-electron chi connectivity index (χ4n) is 3.42. The van der Waals surface area contributed by atoms with Gasteiger partial charge in [-0.25, -0.2) is 4.79 Å². The van der Waals surface area contributed by atoms with E-state index >= 15 is 0 Å². The average Bonchev–Trinajstić information content (AvgIpc) is 2.94. The van der Waals surface area contributed by atoms with Crippen molar-refractivity contribution in [2.24, 2.45) is 5.41 Å². The molecule has 0 radical (unpaired) electrons. The summed E-state index contributed by atoms with van der Waals surface area (Å²) in [7, 11) is 1.49. The molecule has 9 nitrogen and oxygen atoms in total. The molecule has 9 heteroatoms. The molecule has 182 valence electrons. The summed E-state index contributed by atoms with van der Waals surface area (Å²) in [6, 6.07) is 6.17. The number of methoxy groups -OCH3 is 1. The van der Waals surface area contributed by atoms with Gasteiger partial charge in [0, 0.05) is 25.1 Å². The van der Waals surface area contributed by atoms with Crippen LogP contribution in [0.1, 0.15) is 37.6 Å². The third-order valence-corrected chi connectivity index (χ3v) is 5.07. The van der Waals surface area contributed by atoms with E-state index in [2.05, 4.69) is 12.5 Å². The summed E-state index contributed by atoms with van der Waals surface area (Å²) in [5.41, 5.74) is -2.61. The van der Waals surface area contributed by atoms with Crippen LogP contribution >= 0.6 is 0 Å². The van der Waals surface area contributed by atoms with E-state index in [1.807, 2.05) is 0 Å². The molecule has 0 aliphatic carbocycles. The van der Waals surface area contributed by atoms with Gasteiger partial charge in [-0.1, -0.05) is 12.7 Å². The zero-order valence-electron chi connectivity index (χ0n) is 20.0. The Morgan fingerprint density at radius 2 is 1.85 bits per heavy atom. The first-order chi connectivity index (χ1) is 16.0. The summed E-state index contributed by atoms with van der Waals surface area (Å²) >= 11 is 0. The Balaban J connectivity index is 2.53. The summed E-state index contributed by atoms with van der Waals surface area (Å²) in [6.07, 6.45) is 5.75. The Bertz CT molecular complexity index is 988. The summed E-state index contributed by atoms with van der Waals surface area (Å²) in [5, 5.41) is 0. The quantitative estimate of drug-likeness (QED) is 0.207. The molecule has 1 aromatic rings. The number of hydrogen-bond acceptors (Lipinski definition) is 7. The maximum Gasteiger partial charge on any atom is 0.410 e. The van der Waals surface area contributed by atoms with Gasteiger partial charge >= 0.3 is 12.1 Å². The van der Waals surface area contributed by atoms with Gasteiger partial charge in [-0.05, 0) is 45.0 Å². The van der Waals surface area contributed by atoms with Crippen LogP contribution in [0.2, 0.25) is 0 Å². The lowest BCUT2D eigenvalue weighted by atomic mass is 9.82. The lowest BCUT2D eigenvalue weighted by Crippen LogP contribution is -2.53. The first-order valence-electron chi connectivity index (χ1n) is 10.7. The highest BCUT2D eigenvalue weighted by Gasteiger charge is 2.54. The van der Waals surface area contributed by atoms with Crippen molar-refractivity contribution in [1.82, 2.24) is 9.80 Å². The van der Waals surface area contributed by atoms with E-state index in [0.29, 0.717) is 5.75 Å². The number of rotatable bonds is 6. The van der Waals surface area contributed by atoms with Crippen molar-refractivity contribution in [2.45, 2.75) is 32.8 Å². The summed E-state index contributed by atoms with van der Waals surface area (Å²) in [6.45, 7) is 7.81. The highest BCUT2D eigenvalue weighted by atomic mass is 16.6. The molecule has 0 saturated carbocycles. The van der Waals surface area contributed by atoms with Crippen molar-refractivity contribution >= 4 is 23.9 Å². The van der Waals surface area contributed by atoms with Crippen molar-refractivity contribution < 1.29 is 33.4 Å². The number of terminal acetylenes is 1. The van der Waals surface area contributed by atoms with Gasteiger partial charge in [-0.2, -0.15) is 0 Å². The topological polar surface area (TPSA) is 102 Å². The third-order valence-electron chi connectivity index (χ3n) is 5.07. The van der Waals surface area contributed by atoms with Gasteiger partial charge in [0.2, 0.25) is 5.91 Å². The SMILES string of the molecule is C#CCC1(C(=O)OCC=C)CN(C(=O)OC(C)(C)C)CCN(C(=O)c2ccc(OC)cc2)C1=O. The minimum Gasteiger partial charge on any atom is -0.497 e. The number of imide groups is 1. The predicted octanol–water partition coefficient (Wildman–Crippen LogP) is 2.65. The van der Waals surface area contributed by atoms with E-state index in [4.69, 9.17) is 20.6 Å². The Morgan fingerprint density at radius 1 is 1.21 bits per heavy atom. The molecule has 1 aromatic carbocycles. The van der Waals surface area contributed by atoms with Crippen LogP contribution < -0.4 is 4.74 Å². The van der Waals surface area contributed by atoms with Crippen LogP contribution in [0.3, 0.4) is 0 Å². The van der Waals surface area contributed by atoms with Crippen LogP contribution in [0.4, 0.5) is 4.79 Å². The second-order valence-electron chi connectivity index (χ2n) is 8.74. The van der Waals surface area contributed by atoms with Gasteiger partial charge in [0.1, 0.15) is 18.0 Å². The monoisotopic (exact) mass is 470 g/mol. The number of carbonyl (C=O) groups is 4. The van der Waals surface area contributed by atoms with Gasteiger partial charge in [0.25, 0.3) is 5.91 Å². The molecule has 0 spiro atoms. The lowest BCUT2D eigenvalue weighted by molar-refractivity contribution is -0.163. The average molecular weight is 471 g/mol. The highest BCUT2D eigenvalue weighted by molar-refractivity contribution is 6.13. The smallest absolute Gasteiger partial charge is 0.410 e. The number of carbonyl (C=O) groups excluding carboxylic acids is 4. The summed E-state index contributed by atoms with van der Waals surface area (Å²) in [5.74, 6) is 0.438. The van der Waals surface area contributed by atoms with Crippen molar-refractivity contribution in [3.63, 3.8) is 0 Å². The van der Waals surface area contributed by atoms with Gasteiger partial charge in [-0.15, -0.1) is 12.3 Å². The molecule has 0 aromatic heterocycles. The highest BCUT2D eigenvalue weighted by Crippen LogP contribution is 2.32. The molecule has 0 bridgehead atoms. The fraction of sp³-hybridized carbons (Fsp3) is 0.440. The first-order valence-corrected chi connectivity index (χ1v) is 10.7. The largest absolute Gasteiger partial charge is 0.497 e. The zero-order valence-corrected chi connectivity index (χ0v) is 20.0. The number of ether oxygens (including phenoxy) is 3. The number of benzene rings is 1.